The molecule has 0 unspecified atom stereocenters. The van der Waals surface area contributed by atoms with Gasteiger partial charge in [0, 0.05) is 24.2 Å². The van der Waals surface area contributed by atoms with Crippen LogP contribution in [0.3, 0.4) is 0 Å². The van der Waals surface area contributed by atoms with Gasteiger partial charge in [0.25, 0.3) is 5.91 Å². The first-order valence-electron chi connectivity index (χ1n) is 8.44. The smallest absolute Gasteiger partial charge is 0.251 e. The van der Waals surface area contributed by atoms with E-state index in [0.29, 0.717) is 18.5 Å². The molecule has 2 aromatic carbocycles. The van der Waals surface area contributed by atoms with Crippen LogP contribution < -0.4 is 15.0 Å². The van der Waals surface area contributed by atoms with Gasteiger partial charge in [0.1, 0.15) is 5.75 Å². The maximum atomic E-state index is 12.6. The van der Waals surface area contributed by atoms with Crippen molar-refractivity contribution >= 4 is 17.5 Å². The highest BCUT2D eigenvalue weighted by molar-refractivity contribution is 5.99. The molecule has 1 atom stereocenters. The Balaban J connectivity index is 1.71. The molecule has 0 bridgehead atoms. The lowest BCUT2D eigenvalue weighted by Gasteiger charge is -2.18. The summed E-state index contributed by atoms with van der Waals surface area (Å²) in [6.07, 6.45) is 1.44. The number of hydrogen-bond donors (Lipinski definition) is 1. The minimum absolute atomic E-state index is 0.115. The summed E-state index contributed by atoms with van der Waals surface area (Å²) in [5.41, 5.74) is 2.34. The molecule has 1 N–H and O–H groups in total. The first kappa shape index (κ1) is 17.0. The summed E-state index contributed by atoms with van der Waals surface area (Å²) in [6, 6.07) is 14.7. The van der Waals surface area contributed by atoms with Gasteiger partial charge in [-0.05, 0) is 49.2 Å². The highest BCUT2D eigenvalue weighted by atomic mass is 16.5. The van der Waals surface area contributed by atoms with Crippen molar-refractivity contribution in [3.8, 4) is 5.75 Å². The SMILES string of the molecule is COc1ccc([C@H](C)NC(=O)c2cccc(N3CCCC3=O)c2)cc1. The largest absolute Gasteiger partial charge is 0.497 e. The van der Waals surface area contributed by atoms with Gasteiger partial charge in [0.2, 0.25) is 5.91 Å². The molecule has 1 heterocycles. The number of hydrogen-bond acceptors (Lipinski definition) is 3. The number of nitrogens with zero attached hydrogens (tertiary/aromatic N) is 1. The average molecular weight is 338 g/mol. The quantitative estimate of drug-likeness (QED) is 0.910. The Morgan fingerprint density at radius 2 is 1.96 bits per heavy atom. The van der Waals surface area contributed by atoms with E-state index in [1.54, 1.807) is 24.1 Å². The first-order chi connectivity index (χ1) is 12.1. The standard InChI is InChI=1S/C20H22N2O3/c1-14(15-8-10-18(25-2)11-9-15)21-20(24)16-5-3-6-17(13-16)22-12-4-7-19(22)23/h3,5-6,8-11,13-14H,4,7,12H2,1-2H3,(H,21,24)/t14-/m0/s1. The van der Waals surface area contributed by atoms with Gasteiger partial charge in [-0.1, -0.05) is 18.2 Å². The predicted molar refractivity (Wildman–Crippen MR) is 96.9 cm³/mol. The molecule has 1 saturated heterocycles. The number of anilines is 1. The highest BCUT2D eigenvalue weighted by Gasteiger charge is 2.22. The maximum Gasteiger partial charge on any atom is 0.251 e. The van der Waals surface area contributed by atoms with Crippen LogP contribution in [0.2, 0.25) is 0 Å². The summed E-state index contributed by atoms with van der Waals surface area (Å²) >= 11 is 0. The normalized spacial score (nSPS) is 15.1. The van der Waals surface area contributed by atoms with Gasteiger partial charge in [0.15, 0.2) is 0 Å². The fraction of sp³-hybridized carbons (Fsp3) is 0.300. The van der Waals surface area contributed by atoms with E-state index in [1.807, 2.05) is 43.3 Å². The predicted octanol–water partition coefficient (Wildman–Crippen LogP) is 3.31. The number of rotatable bonds is 5. The van der Waals surface area contributed by atoms with Crippen molar-refractivity contribution in [3.05, 3.63) is 59.7 Å². The summed E-state index contributed by atoms with van der Waals surface area (Å²) in [6.45, 7) is 2.65. The molecule has 1 fully saturated rings. The van der Waals surface area contributed by atoms with Crippen LogP contribution in [0.25, 0.3) is 0 Å². The Hall–Kier alpha value is -2.82. The van der Waals surface area contributed by atoms with Crippen LogP contribution in [0.4, 0.5) is 5.69 Å². The van der Waals surface area contributed by atoms with E-state index in [4.69, 9.17) is 4.74 Å². The molecule has 5 nitrogen and oxygen atoms in total. The van der Waals surface area contributed by atoms with Crippen molar-refractivity contribution in [1.29, 1.82) is 0 Å². The molecular weight excluding hydrogens is 316 g/mol. The van der Waals surface area contributed by atoms with Crippen molar-refractivity contribution < 1.29 is 14.3 Å². The van der Waals surface area contributed by atoms with Gasteiger partial charge in [-0.15, -0.1) is 0 Å². The highest BCUT2D eigenvalue weighted by Crippen LogP contribution is 2.23. The van der Waals surface area contributed by atoms with Crippen LogP contribution in [-0.4, -0.2) is 25.5 Å². The number of nitrogens with one attached hydrogen (secondary N) is 1. The topological polar surface area (TPSA) is 58.6 Å². The van der Waals surface area contributed by atoms with Crippen molar-refractivity contribution in [1.82, 2.24) is 5.32 Å². The minimum Gasteiger partial charge on any atom is -0.497 e. The molecule has 5 heteroatoms. The fourth-order valence-electron chi connectivity index (χ4n) is 2.99. The molecular formula is C20H22N2O3. The molecule has 0 aliphatic carbocycles. The average Bonchev–Trinajstić information content (AvgIpc) is 3.07. The number of carbonyl (C=O) groups excluding carboxylic acids is 2. The van der Waals surface area contributed by atoms with Crippen LogP contribution in [0.15, 0.2) is 48.5 Å². The molecule has 3 rings (SSSR count). The lowest BCUT2D eigenvalue weighted by atomic mass is 10.1. The molecule has 1 aliphatic rings. The van der Waals surface area contributed by atoms with Gasteiger partial charge < -0.3 is 15.0 Å². The molecule has 0 spiro atoms. The van der Waals surface area contributed by atoms with E-state index in [9.17, 15) is 9.59 Å². The first-order valence-corrected chi connectivity index (χ1v) is 8.44. The second-order valence-electron chi connectivity index (χ2n) is 6.17. The Morgan fingerprint density at radius 1 is 1.20 bits per heavy atom. The Morgan fingerprint density at radius 3 is 2.60 bits per heavy atom. The van der Waals surface area contributed by atoms with Crippen molar-refractivity contribution in [2.45, 2.75) is 25.8 Å². The summed E-state index contributed by atoms with van der Waals surface area (Å²) < 4.78 is 5.15. The third-order valence-electron chi connectivity index (χ3n) is 4.46. The van der Waals surface area contributed by atoms with Crippen molar-refractivity contribution in [3.63, 3.8) is 0 Å². The number of methoxy groups -OCH3 is 1. The van der Waals surface area contributed by atoms with Crippen LogP contribution in [-0.2, 0) is 4.79 Å². The molecule has 1 aliphatic heterocycles. The van der Waals surface area contributed by atoms with E-state index in [1.165, 1.54) is 0 Å². The molecule has 0 aromatic heterocycles. The summed E-state index contributed by atoms with van der Waals surface area (Å²) in [7, 11) is 1.62. The Labute approximate surface area is 147 Å². The molecule has 2 amide bonds. The fourth-order valence-corrected chi connectivity index (χ4v) is 2.99. The number of amides is 2. The van der Waals surface area contributed by atoms with Gasteiger partial charge in [-0.3, -0.25) is 9.59 Å². The number of ether oxygens (including phenoxy) is 1. The van der Waals surface area contributed by atoms with E-state index < -0.39 is 0 Å². The lowest BCUT2D eigenvalue weighted by molar-refractivity contribution is -0.117. The van der Waals surface area contributed by atoms with Gasteiger partial charge in [-0.2, -0.15) is 0 Å². The second kappa shape index (κ2) is 7.38. The van der Waals surface area contributed by atoms with Crippen molar-refractivity contribution in [2.75, 3.05) is 18.6 Å². The van der Waals surface area contributed by atoms with Crippen LogP contribution >= 0.6 is 0 Å². The van der Waals surface area contributed by atoms with Crippen LogP contribution in [0.1, 0.15) is 41.7 Å². The van der Waals surface area contributed by atoms with Gasteiger partial charge in [-0.25, -0.2) is 0 Å². The van der Waals surface area contributed by atoms with Crippen LogP contribution in [0.5, 0.6) is 5.75 Å². The molecule has 130 valence electrons. The second-order valence-corrected chi connectivity index (χ2v) is 6.17. The maximum absolute atomic E-state index is 12.6. The third kappa shape index (κ3) is 3.82. The van der Waals surface area contributed by atoms with E-state index in [2.05, 4.69) is 5.32 Å². The lowest BCUT2D eigenvalue weighted by Crippen LogP contribution is -2.27. The summed E-state index contributed by atoms with van der Waals surface area (Å²) in [5.74, 6) is 0.742. The molecule has 0 saturated carbocycles. The zero-order valence-electron chi connectivity index (χ0n) is 14.5. The minimum atomic E-state index is -0.156. The van der Waals surface area contributed by atoms with E-state index >= 15 is 0 Å². The molecule has 25 heavy (non-hydrogen) atoms. The van der Waals surface area contributed by atoms with Crippen LogP contribution in [0, 0.1) is 0 Å². The van der Waals surface area contributed by atoms with E-state index in [0.717, 1.165) is 23.4 Å². The Kier molecular flexibility index (Phi) is 5.03. The number of carbonyl (C=O) groups is 2. The summed E-state index contributed by atoms with van der Waals surface area (Å²) in [4.78, 5) is 26.2. The van der Waals surface area contributed by atoms with Crippen molar-refractivity contribution in [2.24, 2.45) is 0 Å². The van der Waals surface area contributed by atoms with E-state index in [-0.39, 0.29) is 17.9 Å². The summed E-state index contributed by atoms with van der Waals surface area (Å²) in [5, 5.41) is 3.00. The molecule has 0 radical (unpaired) electrons. The number of benzene rings is 2. The Bertz CT molecular complexity index is 771. The monoisotopic (exact) mass is 338 g/mol. The zero-order chi connectivity index (χ0) is 17.8. The third-order valence-corrected chi connectivity index (χ3v) is 4.46. The van der Waals surface area contributed by atoms with Gasteiger partial charge in [0.05, 0.1) is 13.2 Å². The van der Waals surface area contributed by atoms with Gasteiger partial charge >= 0.3 is 0 Å². The zero-order valence-corrected chi connectivity index (χ0v) is 14.5. The molecule has 2 aromatic rings.